The second kappa shape index (κ2) is 5.76. The molecule has 0 bridgehead atoms. The largest absolute Gasteiger partial charge is 0.346 e. The summed E-state index contributed by atoms with van der Waals surface area (Å²) in [6.45, 7) is 4.04. The van der Waals surface area contributed by atoms with Crippen LogP contribution in [0.5, 0.6) is 0 Å². The van der Waals surface area contributed by atoms with E-state index >= 15 is 0 Å². The van der Waals surface area contributed by atoms with E-state index in [-0.39, 0.29) is 11.9 Å². The lowest BCUT2D eigenvalue weighted by molar-refractivity contribution is 0.0966. The smallest absolute Gasteiger partial charge is 0.257 e. The van der Waals surface area contributed by atoms with Gasteiger partial charge in [0.25, 0.3) is 5.91 Å². The predicted octanol–water partition coefficient (Wildman–Crippen LogP) is 1.31. The van der Waals surface area contributed by atoms with E-state index in [4.69, 9.17) is 5.73 Å². The van der Waals surface area contributed by atoms with Crippen molar-refractivity contribution in [2.24, 2.45) is 5.73 Å². The Hall–Kier alpha value is -2.67. The first-order valence-corrected chi connectivity index (χ1v) is 8.13. The van der Waals surface area contributed by atoms with Gasteiger partial charge in [0.1, 0.15) is 11.4 Å². The maximum absolute atomic E-state index is 12.2. The van der Waals surface area contributed by atoms with Crippen molar-refractivity contribution in [2.75, 3.05) is 23.3 Å². The summed E-state index contributed by atoms with van der Waals surface area (Å²) in [7, 11) is 0. The van der Waals surface area contributed by atoms with Crippen molar-refractivity contribution in [3.63, 3.8) is 0 Å². The van der Waals surface area contributed by atoms with E-state index < -0.39 is 0 Å². The molecule has 1 saturated heterocycles. The third-order valence-electron chi connectivity index (χ3n) is 4.40. The van der Waals surface area contributed by atoms with Gasteiger partial charge in [0.15, 0.2) is 0 Å². The van der Waals surface area contributed by atoms with Crippen LogP contribution in [-0.4, -0.2) is 35.0 Å². The summed E-state index contributed by atoms with van der Waals surface area (Å²) in [6.07, 6.45) is 0.929. The monoisotopic (exact) mass is 324 g/mol. The summed E-state index contributed by atoms with van der Waals surface area (Å²) in [4.78, 5) is 23.4. The normalized spacial score (nSPS) is 19.3. The first kappa shape index (κ1) is 14.9. The van der Waals surface area contributed by atoms with Gasteiger partial charge >= 0.3 is 0 Å². The highest BCUT2D eigenvalue weighted by atomic mass is 16.2. The van der Waals surface area contributed by atoms with Gasteiger partial charge in [-0.1, -0.05) is 12.1 Å². The predicted molar refractivity (Wildman–Crippen MR) is 92.5 cm³/mol. The Morgan fingerprint density at radius 2 is 2.25 bits per heavy atom. The highest BCUT2D eigenvalue weighted by Gasteiger charge is 2.29. The summed E-state index contributed by atoms with van der Waals surface area (Å²) >= 11 is 0. The van der Waals surface area contributed by atoms with Crippen molar-refractivity contribution < 1.29 is 4.79 Å². The van der Waals surface area contributed by atoms with Crippen LogP contribution in [-0.2, 0) is 6.54 Å². The number of aryl methyl sites for hydroxylation is 1. The van der Waals surface area contributed by atoms with E-state index in [0.29, 0.717) is 23.9 Å². The number of amides is 1. The van der Waals surface area contributed by atoms with Crippen LogP contribution >= 0.6 is 0 Å². The van der Waals surface area contributed by atoms with Gasteiger partial charge in [-0.2, -0.15) is 4.98 Å². The van der Waals surface area contributed by atoms with E-state index in [9.17, 15) is 4.79 Å². The molecule has 0 aliphatic carbocycles. The Kier molecular flexibility index (Phi) is 3.57. The minimum absolute atomic E-state index is 0.134. The lowest BCUT2D eigenvalue weighted by Gasteiger charge is -2.18. The number of anilines is 3. The molecule has 1 atom stereocenters. The molecule has 2 aliphatic rings. The Bertz CT molecular complexity index is 806. The molecule has 0 saturated carbocycles. The van der Waals surface area contributed by atoms with Crippen LogP contribution in [0, 0.1) is 6.92 Å². The van der Waals surface area contributed by atoms with Crippen LogP contribution in [0.1, 0.15) is 28.0 Å². The number of carbonyl (C=O) groups is 1. The van der Waals surface area contributed by atoms with Gasteiger partial charge in [-0.15, -0.1) is 0 Å². The first-order valence-electron chi connectivity index (χ1n) is 8.13. The van der Waals surface area contributed by atoms with Crippen LogP contribution in [0.3, 0.4) is 0 Å². The number of nitrogens with zero attached hydrogens (tertiary/aromatic N) is 3. The van der Waals surface area contributed by atoms with Gasteiger partial charge in [-0.05, 0) is 31.0 Å². The highest BCUT2D eigenvalue weighted by molar-refractivity contribution is 6.02. The molecule has 0 spiro atoms. The Balaban J connectivity index is 1.74. The molecule has 4 rings (SSSR count). The van der Waals surface area contributed by atoms with Crippen LogP contribution in [0.2, 0.25) is 0 Å². The second-order valence-electron chi connectivity index (χ2n) is 6.37. The summed E-state index contributed by atoms with van der Waals surface area (Å²) in [5, 5.41) is 6.11. The standard InChI is InChI=1S/C17H20N6O/c1-10-3-2-4-12(7-10)20-15-14-13(8-19-16(14)24)21-17(22-15)23-6-5-11(18)9-23/h2-4,7,11H,5-6,8-9,18H2,1H3,(H,19,24)(H,20,21,22). The fourth-order valence-corrected chi connectivity index (χ4v) is 3.17. The molecule has 1 aromatic carbocycles. The molecular formula is C17H20N6O. The van der Waals surface area contributed by atoms with Crippen LogP contribution < -0.4 is 21.3 Å². The van der Waals surface area contributed by atoms with Crippen LogP contribution in [0.15, 0.2) is 24.3 Å². The molecule has 2 aliphatic heterocycles. The van der Waals surface area contributed by atoms with Crippen molar-refractivity contribution in [1.29, 1.82) is 0 Å². The summed E-state index contributed by atoms with van der Waals surface area (Å²) < 4.78 is 0. The van der Waals surface area contributed by atoms with Crippen molar-refractivity contribution in [3.05, 3.63) is 41.1 Å². The number of hydrogen-bond acceptors (Lipinski definition) is 6. The second-order valence-corrected chi connectivity index (χ2v) is 6.37. The third kappa shape index (κ3) is 2.67. The number of benzene rings is 1. The van der Waals surface area contributed by atoms with E-state index in [1.54, 1.807) is 0 Å². The van der Waals surface area contributed by atoms with Crippen molar-refractivity contribution in [1.82, 2.24) is 15.3 Å². The van der Waals surface area contributed by atoms with Gasteiger partial charge in [0.2, 0.25) is 5.95 Å². The third-order valence-corrected chi connectivity index (χ3v) is 4.40. The molecule has 7 nitrogen and oxygen atoms in total. The zero-order chi connectivity index (χ0) is 16.7. The zero-order valence-electron chi connectivity index (χ0n) is 13.5. The van der Waals surface area contributed by atoms with Gasteiger partial charge in [0.05, 0.1) is 12.2 Å². The van der Waals surface area contributed by atoms with Gasteiger partial charge in [-0.25, -0.2) is 4.98 Å². The number of nitrogens with one attached hydrogen (secondary N) is 2. The molecule has 1 fully saturated rings. The Morgan fingerprint density at radius 1 is 1.38 bits per heavy atom. The highest BCUT2D eigenvalue weighted by Crippen LogP contribution is 2.28. The van der Waals surface area contributed by atoms with Crippen molar-refractivity contribution >= 4 is 23.4 Å². The molecule has 4 N–H and O–H groups in total. The molecule has 3 heterocycles. The van der Waals surface area contributed by atoms with Crippen LogP contribution in [0.25, 0.3) is 0 Å². The Labute approximate surface area is 140 Å². The molecule has 7 heteroatoms. The van der Waals surface area contributed by atoms with E-state index in [0.717, 1.165) is 36.5 Å². The molecule has 124 valence electrons. The number of rotatable bonds is 3. The Morgan fingerprint density at radius 3 is 3.00 bits per heavy atom. The minimum atomic E-state index is -0.134. The van der Waals surface area contributed by atoms with E-state index in [2.05, 4.69) is 25.5 Å². The minimum Gasteiger partial charge on any atom is -0.346 e. The first-order chi connectivity index (χ1) is 11.6. The van der Waals surface area contributed by atoms with E-state index in [1.165, 1.54) is 0 Å². The van der Waals surface area contributed by atoms with Crippen LogP contribution in [0.4, 0.5) is 17.5 Å². The van der Waals surface area contributed by atoms with E-state index in [1.807, 2.05) is 31.2 Å². The molecule has 1 amide bonds. The van der Waals surface area contributed by atoms with Gasteiger partial charge in [-0.3, -0.25) is 4.79 Å². The SMILES string of the molecule is Cc1cccc(Nc2nc(N3CCC(N)C3)nc3c2C(=O)NC3)c1. The average molecular weight is 324 g/mol. The van der Waals surface area contributed by atoms with Crippen molar-refractivity contribution in [3.8, 4) is 0 Å². The molecular weight excluding hydrogens is 304 g/mol. The number of fused-ring (bicyclic) bond motifs is 1. The molecule has 2 aromatic rings. The zero-order valence-corrected chi connectivity index (χ0v) is 13.5. The molecule has 1 aromatic heterocycles. The lowest BCUT2D eigenvalue weighted by atomic mass is 10.2. The average Bonchev–Trinajstić information content (AvgIpc) is 3.14. The quantitative estimate of drug-likeness (QED) is 0.788. The summed E-state index contributed by atoms with van der Waals surface area (Å²) in [5.41, 5.74) is 9.31. The number of hydrogen-bond donors (Lipinski definition) is 3. The maximum atomic E-state index is 12.2. The fraction of sp³-hybridized carbons (Fsp3) is 0.353. The number of carbonyl (C=O) groups excluding carboxylic acids is 1. The molecule has 24 heavy (non-hydrogen) atoms. The summed E-state index contributed by atoms with van der Waals surface area (Å²) in [5.74, 6) is 1.05. The molecule has 1 unspecified atom stereocenters. The number of nitrogens with two attached hydrogens (primary N) is 1. The number of aromatic nitrogens is 2. The summed E-state index contributed by atoms with van der Waals surface area (Å²) in [6, 6.07) is 8.13. The molecule has 0 radical (unpaired) electrons. The lowest BCUT2D eigenvalue weighted by Crippen LogP contribution is -2.28. The van der Waals surface area contributed by atoms with Gasteiger partial charge < -0.3 is 21.3 Å². The van der Waals surface area contributed by atoms with Gasteiger partial charge in [0, 0.05) is 24.8 Å². The topological polar surface area (TPSA) is 96.2 Å². The maximum Gasteiger partial charge on any atom is 0.257 e. The van der Waals surface area contributed by atoms with Crippen molar-refractivity contribution in [2.45, 2.75) is 25.9 Å². The fourth-order valence-electron chi connectivity index (χ4n) is 3.17.